The van der Waals surface area contributed by atoms with Gasteiger partial charge in [0.25, 0.3) is 0 Å². The second-order valence-electron chi connectivity index (χ2n) is 8.41. The van der Waals surface area contributed by atoms with Gasteiger partial charge in [-0.25, -0.2) is 0 Å². The number of carbonyl (C=O) groups excluding carboxylic acids is 2. The van der Waals surface area contributed by atoms with Gasteiger partial charge >= 0.3 is 5.97 Å². The van der Waals surface area contributed by atoms with Crippen molar-refractivity contribution in [2.24, 2.45) is 11.8 Å². The third kappa shape index (κ3) is 3.22. The molecule has 1 amide bonds. The van der Waals surface area contributed by atoms with Crippen LogP contribution in [0.25, 0.3) is 0 Å². The molecule has 2 saturated heterocycles. The molecular formula is C25H25NO5. The molecule has 0 unspecified atom stereocenters. The molecule has 160 valence electrons. The van der Waals surface area contributed by atoms with Crippen LogP contribution < -0.4 is 4.74 Å². The topological polar surface area (TPSA) is 65.1 Å². The maximum absolute atomic E-state index is 13.5. The van der Waals surface area contributed by atoms with Crippen molar-refractivity contribution in [1.82, 2.24) is 4.90 Å². The minimum absolute atomic E-state index is 0.0585. The summed E-state index contributed by atoms with van der Waals surface area (Å²) in [6.07, 6.45) is 3.46. The highest BCUT2D eigenvalue weighted by molar-refractivity contribution is 5.91. The molecule has 3 aliphatic rings. The number of hydrogen-bond donors (Lipinski definition) is 0. The van der Waals surface area contributed by atoms with E-state index < -0.39 is 23.5 Å². The van der Waals surface area contributed by atoms with E-state index in [-0.39, 0.29) is 24.5 Å². The number of likely N-dealkylation sites (tertiary alicyclic amines) is 1. The van der Waals surface area contributed by atoms with Crippen molar-refractivity contribution in [2.45, 2.75) is 31.3 Å². The summed E-state index contributed by atoms with van der Waals surface area (Å²) in [4.78, 5) is 28.3. The van der Waals surface area contributed by atoms with E-state index in [9.17, 15) is 9.59 Å². The van der Waals surface area contributed by atoms with Crippen molar-refractivity contribution in [1.29, 1.82) is 0 Å². The standard InChI is InChI=1S/C25H25NO5/c1-16(18-8-10-19(29-2)11-9-18)26-15-25-13-12-20(31-25)21(22(25)23(26)27)24(28)30-14-17-6-4-3-5-7-17/h3-13,16,20-22H,14-15H2,1-2H3/t16-,20+,21-,22-,25+/m0/s1. The van der Waals surface area contributed by atoms with E-state index in [0.29, 0.717) is 6.54 Å². The Bertz CT molecular complexity index is 1020. The zero-order valence-corrected chi connectivity index (χ0v) is 17.6. The molecule has 0 N–H and O–H groups in total. The Morgan fingerprint density at radius 2 is 1.94 bits per heavy atom. The molecule has 1 spiro atoms. The lowest BCUT2D eigenvalue weighted by atomic mass is 9.77. The van der Waals surface area contributed by atoms with Crippen molar-refractivity contribution in [3.05, 3.63) is 77.9 Å². The van der Waals surface area contributed by atoms with Crippen molar-refractivity contribution >= 4 is 11.9 Å². The number of ether oxygens (including phenoxy) is 3. The molecule has 0 aliphatic carbocycles. The molecule has 0 aromatic heterocycles. The summed E-state index contributed by atoms with van der Waals surface area (Å²) in [6, 6.07) is 17.1. The van der Waals surface area contributed by atoms with E-state index in [1.807, 2.05) is 78.6 Å². The fourth-order valence-corrected chi connectivity index (χ4v) is 5.01. The number of amides is 1. The average Bonchev–Trinajstić information content (AvgIpc) is 3.46. The highest BCUT2D eigenvalue weighted by atomic mass is 16.6. The van der Waals surface area contributed by atoms with Crippen molar-refractivity contribution < 1.29 is 23.8 Å². The van der Waals surface area contributed by atoms with Crippen molar-refractivity contribution in [3.8, 4) is 5.75 Å². The maximum atomic E-state index is 13.5. The van der Waals surface area contributed by atoms with Crippen LogP contribution in [0.4, 0.5) is 0 Å². The molecule has 0 radical (unpaired) electrons. The second kappa shape index (κ2) is 7.54. The maximum Gasteiger partial charge on any atom is 0.313 e. The first kappa shape index (κ1) is 19.8. The molecule has 6 heteroatoms. The summed E-state index contributed by atoms with van der Waals surface area (Å²) in [6.45, 7) is 2.61. The Labute approximate surface area is 181 Å². The third-order valence-electron chi connectivity index (χ3n) is 6.69. The second-order valence-corrected chi connectivity index (χ2v) is 8.41. The molecule has 2 bridgehead atoms. The number of carbonyl (C=O) groups is 2. The Kier molecular flexibility index (Phi) is 4.82. The van der Waals surface area contributed by atoms with E-state index in [1.54, 1.807) is 7.11 Å². The summed E-state index contributed by atoms with van der Waals surface area (Å²) in [5, 5.41) is 0. The van der Waals surface area contributed by atoms with Gasteiger partial charge in [-0.3, -0.25) is 9.59 Å². The Morgan fingerprint density at radius 1 is 1.19 bits per heavy atom. The van der Waals surface area contributed by atoms with Gasteiger partial charge in [-0.05, 0) is 30.2 Å². The molecule has 2 fully saturated rings. The summed E-state index contributed by atoms with van der Waals surface area (Å²) >= 11 is 0. The first-order chi connectivity index (χ1) is 15.0. The Morgan fingerprint density at radius 3 is 2.65 bits per heavy atom. The van der Waals surface area contributed by atoms with Gasteiger partial charge in [0.05, 0.1) is 31.7 Å². The fourth-order valence-electron chi connectivity index (χ4n) is 5.01. The fraction of sp³-hybridized carbons (Fsp3) is 0.360. The monoisotopic (exact) mass is 419 g/mol. The van der Waals surface area contributed by atoms with Crippen LogP contribution in [0.5, 0.6) is 5.75 Å². The van der Waals surface area contributed by atoms with Gasteiger partial charge in [0.15, 0.2) is 0 Å². The number of esters is 1. The first-order valence-electron chi connectivity index (χ1n) is 10.5. The number of hydrogen-bond acceptors (Lipinski definition) is 5. The van der Waals surface area contributed by atoms with E-state index in [1.165, 1.54) is 0 Å². The molecule has 5 rings (SSSR count). The van der Waals surface area contributed by atoms with Crippen LogP contribution in [-0.4, -0.2) is 42.1 Å². The van der Waals surface area contributed by atoms with Crippen LogP contribution in [0, 0.1) is 11.8 Å². The molecule has 2 aromatic carbocycles. The lowest BCUT2D eigenvalue weighted by Gasteiger charge is -2.27. The summed E-state index contributed by atoms with van der Waals surface area (Å²) in [7, 11) is 1.62. The number of nitrogens with zero attached hydrogens (tertiary/aromatic N) is 1. The van der Waals surface area contributed by atoms with Crippen LogP contribution in [-0.2, 0) is 25.7 Å². The molecule has 31 heavy (non-hydrogen) atoms. The first-order valence-corrected chi connectivity index (χ1v) is 10.5. The lowest BCUT2D eigenvalue weighted by Crippen LogP contribution is -2.40. The number of rotatable bonds is 6. The number of benzene rings is 2. The Hall–Kier alpha value is -3.12. The molecule has 3 heterocycles. The van der Waals surface area contributed by atoms with Crippen molar-refractivity contribution in [3.63, 3.8) is 0 Å². The highest BCUT2D eigenvalue weighted by Gasteiger charge is 2.67. The third-order valence-corrected chi connectivity index (χ3v) is 6.69. The summed E-state index contributed by atoms with van der Waals surface area (Å²) in [5.41, 5.74) is 1.17. The Balaban J connectivity index is 1.34. The number of methoxy groups -OCH3 is 1. The SMILES string of the molecule is COc1ccc([C@H](C)N2C[C@@]34C=C[C@@H](O3)[C@H](C(=O)OCc3ccccc3)[C@H]4C2=O)cc1. The van der Waals surface area contributed by atoms with Gasteiger partial charge in [-0.15, -0.1) is 0 Å². The molecule has 0 saturated carbocycles. The van der Waals surface area contributed by atoms with Gasteiger partial charge in [0.2, 0.25) is 5.91 Å². The van der Waals surface area contributed by atoms with Crippen molar-refractivity contribution in [2.75, 3.05) is 13.7 Å². The number of fused-ring (bicyclic) bond motifs is 1. The van der Waals surface area contributed by atoms with E-state index in [0.717, 1.165) is 16.9 Å². The van der Waals surface area contributed by atoms with Gasteiger partial charge in [0.1, 0.15) is 23.9 Å². The zero-order valence-electron chi connectivity index (χ0n) is 17.6. The minimum atomic E-state index is -0.751. The predicted octanol–water partition coefficient (Wildman–Crippen LogP) is 3.28. The van der Waals surface area contributed by atoms with Gasteiger partial charge in [0, 0.05) is 0 Å². The molecule has 3 aliphatic heterocycles. The summed E-state index contributed by atoms with van der Waals surface area (Å²) < 4.78 is 17.0. The quantitative estimate of drug-likeness (QED) is 0.531. The highest BCUT2D eigenvalue weighted by Crippen LogP contribution is 2.53. The lowest BCUT2D eigenvalue weighted by molar-refractivity contribution is -0.155. The van der Waals surface area contributed by atoms with Crippen LogP contribution in [0.15, 0.2) is 66.7 Å². The molecule has 5 atom stereocenters. The molecule has 2 aromatic rings. The smallest absolute Gasteiger partial charge is 0.313 e. The van der Waals surface area contributed by atoms with Gasteiger partial charge in [-0.1, -0.05) is 54.6 Å². The van der Waals surface area contributed by atoms with E-state index in [2.05, 4.69) is 0 Å². The van der Waals surface area contributed by atoms with Gasteiger partial charge < -0.3 is 19.1 Å². The van der Waals surface area contributed by atoms with Gasteiger partial charge in [-0.2, -0.15) is 0 Å². The minimum Gasteiger partial charge on any atom is -0.497 e. The molecular weight excluding hydrogens is 394 g/mol. The summed E-state index contributed by atoms with van der Waals surface area (Å²) in [5.74, 6) is -0.833. The van der Waals surface area contributed by atoms with Crippen LogP contribution in [0.3, 0.4) is 0 Å². The van der Waals surface area contributed by atoms with Crippen LogP contribution >= 0.6 is 0 Å². The molecule has 6 nitrogen and oxygen atoms in total. The van der Waals surface area contributed by atoms with E-state index in [4.69, 9.17) is 14.2 Å². The van der Waals surface area contributed by atoms with E-state index >= 15 is 0 Å². The van der Waals surface area contributed by atoms with Crippen LogP contribution in [0.1, 0.15) is 24.1 Å². The largest absolute Gasteiger partial charge is 0.497 e. The normalized spacial score (nSPS) is 29.2. The average molecular weight is 419 g/mol. The van der Waals surface area contributed by atoms with Crippen LogP contribution in [0.2, 0.25) is 0 Å². The predicted molar refractivity (Wildman–Crippen MR) is 113 cm³/mol. The zero-order chi connectivity index (χ0) is 21.6.